The molecule has 1 aromatic rings. The van der Waals surface area contributed by atoms with Crippen LogP contribution in [0, 0.1) is 0 Å². The number of amides is 2. The molecule has 0 saturated carbocycles. The second kappa shape index (κ2) is 5.13. The van der Waals surface area contributed by atoms with Crippen molar-refractivity contribution in [2.45, 2.75) is 6.42 Å². The first kappa shape index (κ1) is 12.9. The van der Waals surface area contributed by atoms with Crippen LogP contribution in [0.25, 0.3) is 0 Å². The molecule has 2 aliphatic rings. The van der Waals surface area contributed by atoms with Crippen molar-refractivity contribution in [3.63, 3.8) is 0 Å². The van der Waals surface area contributed by atoms with E-state index in [0.29, 0.717) is 39.3 Å². The van der Waals surface area contributed by atoms with E-state index in [9.17, 15) is 9.59 Å². The molecule has 106 valence electrons. The number of anilines is 1. The molecule has 0 unspecified atom stereocenters. The first-order valence-corrected chi connectivity index (χ1v) is 6.67. The van der Waals surface area contributed by atoms with E-state index in [1.54, 1.807) is 28.0 Å². The zero-order chi connectivity index (χ0) is 14.1. The number of ether oxygens (including phenoxy) is 1. The first-order chi connectivity index (χ1) is 9.66. The maximum Gasteiger partial charge on any atom is 0.335 e. The second-order valence-electron chi connectivity index (χ2n) is 4.93. The third kappa shape index (κ3) is 2.22. The van der Waals surface area contributed by atoms with Gasteiger partial charge in [0.05, 0.1) is 18.8 Å². The van der Waals surface area contributed by atoms with Gasteiger partial charge in [0.1, 0.15) is 0 Å². The second-order valence-corrected chi connectivity index (χ2v) is 4.93. The van der Waals surface area contributed by atoms with Crippen molar-refractivity contribution < 1.29 is 19.4 Å². The van der Waals surface area contributed by atoms with Crippen molar-refractivity contribution >= 4 is 17.7 Å². The average molecular weight is 276 g/mol. The van der Waals surface area contributed by atoms with Crippen LogP contribution in [0.3, 0.4) is 0 Å². The fraction of sp³-hybridized carbons (Fsp3) is 0.429. The van der Waals surface area contributed by atoms with Gasteiger partial charge in [-0.25, -0.2) is 9.59 Å². The Hall–Kier alpha value is -2.08. The third-order valence-corrected chi connectivity index (χ3v) is 3.73. The van der Waals surface area contributed by atoms with E-state index >= 15 is 0 Å². The maximum absolute atomic E-state index is 12.5. The number of urea groups is 1. The molecule has 2 amide bonds. The number of carbonyl (C=O) groups excluding carboxylic acids is 1. The number of benzene rings is 1. The van der Waals surface area contributed by atoms with Crippen molar-refractivity contribution in [1.82, 2.24) is 4.90 Å². The summed E-state index contributed by atoms with van der Waals surface area (Å²) in [7, 11) is 0. The number of nitrogens with zero attached hydrogens (tertiary/aromatic N) is 2. The van der Waals surface area contributed by atoms with E-state index in [1.807, 2.05) is 0 Å². The highest BCUT2D eigenvalue weighted by Gasteiger charge is 2.29. The molecule has 2 heterocycles. The van der Waals surface area contributed by atoms with Gasteiger partial charge in [0.15, 0.2) is 0 Å². The topological polar surface area (TPSA) is 70.1 Å². The largest absolute Gasteiger partial charge is 0.478 e. The molecule has 1 fully saturated rings. The Kier molecular flexibility index (Phi) is 3.31. The SMILES string of the molecule is O=C(O)c1ccc2c(c1)CCN2C(=O)N1CCOCC1. The Morgan fingerprint density at radius 2 is 1.90 bits per heavy atom. The molecular formula is C14H16N2O4. The zero-order valence-electron chi connectivity index (χ0n) is 11.0. The van der Waals surface area contributed by atoms with Gasteiger partial charge in [-0.15, -0.1) is 0 Å². The summed E-state index contributed by atoms with van der Waals surface area (Å²) in [4.78, 5) is 26.9. The summed E-state index contributed by atoms with van der Waals surface area (Å²) in [5, 5.41) is 8.99. The number of morpholine rings is 1. The van der Waals surface area contributed by atoms with Crippen LogP contribution < -0.4 is 4.90 Å². The van der Waals surface area contributed by atoms with Crippen LogP contribution in [0.2, 0.25) is 0 Å². The average Bonchev–Trinajstić information content (AvgIpc) is 2.90. The number of carbonyl (C=O) groups is 2. The molecule has 0 bridgehead atoms. The molecular weight excluding hydrogens is 260 g/mol. The Bertz CT molecular complexity index is 552. The normalized spacial score (nSPS) is 18.0. The van der Waals surface area contributed by atoms with E-state index in [2.05, 4.69) is 0 Å². The monoisotopic (exact) mass is 276 g/mol. The molecule has 1 saturated heterocycles. The number of fused-ring (bicyclic) bond motifs is 1. The number of aromatic carboxylic acids is 1. The van der Waals surface area contributed by atoms with Crippen molar-refractivity contribution in [3.8, 4) is 0 Å². The van der Waals surface area contributed by atoms with Gasteiger partial charge in [0.25, 0.3) is 0 Å². The van der Waals surface area contributed by atoms with Gasteiger partial charge in [-0.1, -0.05) is 0 Å². The van der Waals surface area contributed by atoms with Crippen LogP contribution in [0.15, 0.2) is 18.2 Å². The highest BCUT2D eigenvalue weighted by atomic mass is 16.5. The predicted molar refractivity (Wildman–Crippen MR) is 72.2 cm³/mol. The molecule has 6 nitrogen and oxygen atoms in total. The molecule has 20 heavy (non-hydrogen) atoms. The van der Waals surface area contributed by atoms with Gasteiger partial charge in [-0.2, -0.15) is 0 Å². The van der Waals surface area contributed by atoms with Crippen LogP contribution in [0.1, 0.15) is 15.9 Å². The summed E-state index contributed by atoms with van der Waals surface area (Å²) in [5.74, 6) is -0.939. The van der Waals surface area contributed by atoms with Crippen LogP contribution in [0.5, 0.6) is 0 Å². The van der Waals surface area contributed by atoms with Gasteiger partial charge in [0, 0.05) is 25.3 Å². The molecule has 0 aliphatic carbocycles. The molecule has 0 aromatic heterocycles. The quantitative estimate of drug-likeness (QED) is 0.836. The van der Waals surface area contributed by atoms with E-state index in [0.717, 1.165) is 11.3 Å². The molecule has 1 aromatic carbocycles. The molecule has 3 rings (SSSR count). The van der Waals surface area contributed by atoms with E-state index in [-0.39, 0.29) is 11.6 Å². The molecule has 6 heteroatoms. The lowest BCUT2D eigenvalue weighted by atomic mass is 10.1. The zero-order valence-corrected chi connectivity index (χ0v) is 11.0. The number of carboxylic acid groups (broad SMARTS) is 1. The van der Waals surface area contributed by atoms with Crippen LogP contribution >= 0.6 is 0 Å². The van der Waals surface area contributed by atoms with Crippen LogP contribution in [-0.2, 0) is 11.2 Å². The number of hydrogen-bond acceptors (Lipinski definition) is 3. The highest BCUT2D eigenvalue weighted by Crippen LogP contribution is 2.30. The van der Waals surface area contributed by atoms with Gasteiger partial charge < -0.3 is 14.7 Å². The number of rotatable bonds is 1. The number of hydrogen-bond donors (Lipinski definition) is 1. The van der Waals surface area contributed by atoms with Gasteiger partial charge in [-0.05, 0) is 30.2 Å². The smallest absolute Gasteiger partial charge is 0.335 e. The molecule has 1 N–H and O–H groups in total. The predicted octanol–water partition coefficient (Wildman–Crippen LogP) is 1.20. The third-order valence-electron chi connectivity index (χ3n) is 3.73. The van der Waals surface area contributed by atoms with Gasteiger partial charge >= 0.3 is 12.0 Å². The Labute approximate surface area is 116 Å². The standard InChI is InChI=1S/C14H16N2O4/c17-13(18)11-1-2-12-10(9-11)3-4-16(12)14(19)15-5-7-20-8-6-15/h1-2,9H,3-8H2,(H,17,18). The van der Waals surface area contributed by atoms with Crippen molar-refractivity contribution in [1.29, 1.82) is 0 Å². The molecule has 2 aliphatic heterocycles. The molecule has 0 spiro atoms. The van der Waals surface area contributed by atoms with Gasteiger partial charge in [-0.3, -0.25) is 4.90 Å². The lowest BCUT2D eigenvalue weighted by molar-refractivity contribution is 0.0550. The maximum atomic E-state index is 12.5. The fourth-order valence-electron chi connectivity index (χ4n) is 2.66. The Morgan fingerprint density at radius 1 is 1.15 bits per heavy atom. The summed E-state index contributed by atoms with van der Waals surface area (Å²) < 4.78 is 5.25. The van der Waals surface area contributed by atoms with E-state index in [4.69, 9.17) is 9.84 Å². The lowest BCUT2D eigenvalue weighted by Crippen LogP contribution is -2.47. The lowest BCUT2D eigenvalue weighted by Gasteiger charge is -2.31. The summed E-state index contributed by atoms with van der Waals surface area (Å²) >= 11 is 0. The molecule has 0 radical (unpaired) electrons. The first-order valence-electron chi connectivity index (χ1n) is 6.67. The number of carboxylic acids is 1. The minimum absolute atomic E-state index is 0.0184. The van der Waals surface area contributed by atoms with Crippen LogP contribution in [-0.4, -0.2) is 54.9 Å². The fourth-order valence-corrected chi connectivity index (χ4v) is 2.66. The highest BCUT2D eigenvalue weighted by molar-refractivity contribution is 5.96. The van der Waals surface area contributed by atoms with Crippen molar-refractivity contribution in [2.75, 3.05) is 37.7 Å². The minimum atomic E-state index is -0.939. The molecule has 0 atom stereocenters. The van der Waals surface area contributed by atoms with Crippen molar-refractivity contribution in [2.24, 2.45) is 0 Å². The van der Waals surface area contributed by atoms with Crippen molar-refractivity contribution in [3.05, 3.63) is 29.3 Å². The van der Waals surface area contributed by atoms with Crippen LogP contribution in [0.4, 0.5) is 10.5 Å². The van der Waals surface area contributed by atoms with E-state index < -0.39 is 5.97 Å². The summed E-state index contributed by atoms with van der Waals surface area (Å²) in [6.45, 7) is 2.97. The Balaban J connectivity index is 1.81. The summed E-state index contributed by atoms with van der Waals surface area (Å²) in [6, 6.07) is 4.91. The summed E-state index contributed by atoms with van der Waals surface area (Å²) in [5.41, 5.74) is 2.02. The Morgan fingerprint density at radius 3 is 2.60 bits per heavy atom. The summed E-state index contributed by atoms with van der Waals surface area (Å²) in [6.07, 6.45) is 0.701. The minimum Gasteiger partial charge on any atom is -0.478 e. The van der Waals surface area contributed by atoms with E-state index in [1.165, 1.54) is 0 Å². The van der Waals surface area contributed by atoms with Gasteiger partial charge in [0.2, 0.25) is 0 Å².